The summed E-state index contributed by atoms with van der Waals surface area (Å²) in [5.41, 5.74) is 1.40. The number of rotatable bonds is 4. The third-order valence-electron chi connectivity index (χ3n) is 1.80. The summed E-state index contributed by atoms with van der Waals surface area (Å²) in [4.78, 5) is 1.23. The Morgan fingerprint density at radius 3 is 2.85 bits per heavy atom. The van der Waals surface area contributed by atoms with Crippen molar-refractivity contribution < 1.29 is 0 Å². The molecular formula is C10H14ClNS. The van der Waals surface area contributed by atoms with Crippen LogP contribution in [0.3, 0.4) is 0 Å². The first-order valence-corrected chi connectivity index (χ1v) is 5.55. The van der Waals surface area contributed by atoms with Crippen molar-refractivity contribution >= 4 is 29.0 Å². The van der Waals surface area contributed by atoms with Crippen molar-refractivity contribution in [2.75, 3.05) is 13.6 Å². The van der Waals surface area contributed by atoms with E-state index in [1.807, 2.05) is 13.1 Å². The predicted octanol–water partition coefficient (Wildman–Crippen LogP) is 3.41. The smallest absolute Gasteiger partial charge is 0.0934 e. The van der Waals surface area contributed by atoms with Crippen LogP contribution in [0.15, 0.2) is 17.7 Å². The van der Waals surface area contributed by atoms with Crippen LogP contribution in [-0.4, -0.2) is 13.6 Å². The fourth-order valence-corrected chi connectivity index (χ4v) is 2.17. The molecule has 0 unspecified atom stereocenters. The Morgan fingerprint density at radius 1 is 1.62 bits per heavy atom. The largest absolute Gasteiger partial charge is 0.316 e. The van der Waals surface area contributed by atoms with E-state index in [0.29, 0.717) is 0 Å². The zero-order valence-electron chi connectivity index (χ0n) is 7.93. The van der Waals surface area contributed by atoms with E-state index >= 15 is 0 Å². The summed E-state index contributed by atoms with van der Waals surface area (Å²) in [6.07, 6.45) is 3.28. The van der Waals surface area contributed by atoms with Gasteiger partial charge in [-0.3, -0.25) is 0 Å². The third kappa shape index (κ3) is 3.51. The van der Waals surface area contributed by atoms with Crippen LogP contribution in [0.5, 0.6) is 0 Å². The SMILES string of the molecule is CCC(=Cc1ccc(Cl)s1)CNC. The van der Waals surface area contributed by atoms with E-state index in [0.717, 1.165) is 17.3 Å². The van der Waals surface area contributed by atoms with Crippen molar-refractivity contribution in [2.45, 2.75) is 13.3 Å². The van der Waals surface area contributed by atoms with Gasteiger partial charge in [0.1, 0.15) is 0 Å². The predicted molar refractivity (Wildman–Crippen MR) is 61.5 cm³/mol. The maximum absolute atomic E-state index is 5.84. The Kier molecular flexibility index (Phi) is 4.50. The van der Waals surface area contributed by atoms with Crippen LogP contribution in [0.2, 0.25) is 4.34 Å². The van der Waals surface area contributed by atoms with Gasteiger partial charge >= 0.3 is 0 Å². The highest BCUT2D eigenvalue weighted by Crippen LogP contribution is 2.23. The van der Waals surface area contributed by atoms with Crippen LogP contribution < -0.4 is 5.32 Å². The zero-order valence-corrected chi connectivity index (χ0v) is 9.50. The highest BCUT2D eigenvalue weighted by atomic mass is 35.5. The fourth-order valence-electron chi connectivity index (χ4n) is 1.11. The molecule has 1 rings (SSSR count). The van der Waals surface area contributed by atoms with Crippen LogP contribution in [0.1, 0.15) is 18.2 Å². The molecule has 0 aliphatic heterocycles. The first-order valence-electron chi connectivity index (χ1n) is 4.35. The minimum Gasteiger partial charge on any atom is -0.316 e. The molecular weight excluding hydrogens is 202 g/mol. The Labute approximate surface area is 88.4 Å². The third-order valence-corrected chi connectivity index (χ3v) is 2.98. The molecule has 13 heavy (non-hydrogen) atoms. The lowest BCUT2D eigenvalue weighted by molar-refractivity contribution is 0.851. The second kappa shape index (κ2) is 5.43. The fraction of sp³-hybridized carbons (Fsp3) is 0.400. The van der Waals surface area contributed by atoms with Crippen LogP contribution in [0.25, 0.3) is 6.08 Å². The monoisotopic (exact) mass is 215 g/mol. The molecule has 0 aromatic carbocycles. The quantitative estimate of drug-likeness (QED) is 0.812. The summed E-state index contributed by atoms with van der Waals surface area (Å²) in [7, 11) is 1.96. The minimum absolute atomic E-state index is 0.853. The molecule has 0 spiro atoms. The van der Waals surface area contributed by atoms with E-state index in [9.17, 15) is 0 Å². The topological polar surface area (TPSA) is 12.0 Å². The van der Waals surface area contributed by atoms with Crippen molar-refractivity contribution in [3.8, 4) is 0 Å². The van der Waals surface area contributed by atoms with Crippen LogP contribution in [0.4, 0.5) is 0 Å². The molecule has 1 heterocycles. The Morgan fingerprint density at radius 2 is 2.38 bits per heavy atom. The van der Waals surface area contributed by atoms with E-state index in [4.69, 9.17) is 11.6 Å². The molecule has 0 saturated carbocycles. The van der Waals surface area contributed by atoms with E-state index < -0.39 is 0 Å². The maximum atomic E-state index is 5.84. The van der Waals surface area contributed by atoms with Gasteiger partial charge in [-0.25, -0.2) is 0 Å². The number of hydrogen-bond acceptors (Lipinski definition) is 2. The molecule has 1 aromatic heterocycles. The number of likely N-dealkylation sites (N-methyl/N-ethyl adjacent to an activating group) is 1. The van der Waals surface area contributed by atoms with Crippen LogP contribution in [0, 0.1) is 0 Å². The Hall–Kier alpha value is -0.310. The summed E-state index contributed by atoms with van der Waals surface area (Å²) < 4.78 is 0.853. The van der Waals surface area contributed by atoms with Gasteiger partial charge in [-0.15, -0.1) is 11.3 Å². The van der Waals surface area contributed by atoms with Crippen molar-refractivity contribution in [1.82, 2.24) is 5.32 Å². The molecule has 1 aromatic rings. The van der Waals surface area contributed by atoms with Gasteiger partial charge in [0.25, 0.3) is 0 Å². The molecule has 0 saturated heterocycles. The van der Waals surface area contributed by atoms with Gasteiger partial charge in [0.15, 0.2) is 0 Å². The highest BCUT2D eigenvalue weighted by Gasteiger charge is 1.96. The first kappa shape index (κ1) is 10.8. The normalized spacial score (nSPS) is 12.1. The number of halogens is 1. The number of nitrogens with one attached hydrogen (secondary N) is 1. The van der Waals surface area contributed by atoms with Gasteiger partial charge in [-0.05, 0) is 31.7 Å². The molecule has 0 bridgehead atoms. The molecule has 0 amide bonds. The summed E-state index contributed by atoms with van der Waals surface area (Å²) in [5.74, 6) is 0. The van der Waals surface area contributed by atoms with Crippen molar-refractivity contribution in [3.63, 3.8) is 0 Å². The first-order chi connectivity index (χ1) is 6.26. The number of hydrogen-bond donors (Lipinski definition) is 1. The van der Waals surface area contributed by atoms with Crippen molar-refractivity contribution in [1.29, 1.82) is 0 Å². The standard InChI is InChI=1S/C10H14ClNS/c1-3-8(7-12-2)6-9-4-5-10(11)13-9/h4-6,12H,3,7H2,1-2H3. The highest BCUT2D eigenvalue weighted by molar-refractivity contribution is 7.17. The average Bonchev–Trinajstić information content (AvgIpc) is 2.50. The molecule has 3 heteroatoms. The van der Waals surface area contributed by atoms with E-state index in [2.05, 4.69) is 24.4 Å². The van der Waals surface area contributed by atoms with Crippen molar-refractivity contribution in [3.05, 3.63) is 26.9 Å². The van der Waals surface area contributed by atoms with Gasteiger partial charge in [0.2, 0.25) is 0 Å². The molecule has 0 radical (unpaired) electrons. The molecule has 1 nitrogen and oxygen atoms in total. The maximum Gasteiger partial charge on any atom is 0.0934 e. The van der Waals surface area contributed by atoms with Crippen LogP contribution in [-0.2, 0) is 0 Å². The van der Waals surface area contributed by atoms with E-state index in [1.165, 1.54) is 10.5 Å². The van der Waals surface area contributed by atoms with Crippen LogP contribution >= 0.6 is 22.9 Å². The molecule has 0 fully saturated rings. The van der Waals surface area contributed by atoms with Gasteiger partial charge in [-0.2, -0.15) is 0 Å². The molecule has 0 aliphatic rings. The van der Waals surface area contributed by atoms with E-state index in [1.54, 1.807) is 11.3 Å². The average molecular weight is 216 g/mol. The van der Waals surface area contributed by atoms with E-state index in [-0.39, 0.29) is 0 Å². The van der Waals surface area contributed by atoms with Crippen molar-refractivity contribution in [2.24, 2.45) is 0 Å². The summed E-state index contributed by atoms with van der Waals surface area (Å²) in [5, 5.41) is 3.15. The summed E-state index contributed by atoms with van der Waals surface area (Å²) in [6.45, 7) is 3.12. The Bertz CT molecular complexity index is 291. The summed E-state index contributed by atoms with van der Waals surface area (Å²) in [6, 6.07) is 3.99. The lowest BCUT2D eigenvalue weighted by Gasteiger charge is -2.01. The van der Waals surface area contributed by atoms with Gasteiger partial charge < -0.3 is 5.32 Å². The molecule has 1 N–H and O–H groups in total. The Balaban J connectivity index is 2.72. The second-order valence-corrected chi connectivity index (χ2v) is 4.58. The molecule has 0 aliphatic carbocycles. The van der Waals surface area contributed by atoms with Gasteiger partial charge in [0.05, 0.1) is 4.34 Å². The zero-order chi connectivity index (χ0) is 9.68. The van der Waals surface area contributed by atoms with Gasteiger partial charge in [-0.1, -0.05) is 24.1 Å². The second-order valence-electron chi connectivity index (χ2n) is 2.83. The minimum atomic E-state index is 0.853. The molecule has 72 valence electrons. The lowest BCUT2D eigenvalue weighted by atomic mass is 10.2. The number of thiophene rings is 1. The van der Waals surface area contributed by atoms with Gasteiger partial charge in [0, 0.05) is 11.4 Å². The molecule has 0 atom stereocenters. The summed E-state index contributed by atoms with van der Waals surface area (Å²) >= 11 is 7.46. The lowest BCUT2D eigenvalue weighted by Crippen LogP contribution is -2.09.